The number of rotatable bonds is 3. The predicted molar refractivity (Wildman–Crippen MR) is 119 cm³/mol. The highest BCUT2D eigenvalue weighted by Crippen LogP contribution is 2.19. The topological polar surface area (TPSA) is 60.4 Å². The van der Waals surface area contributed by atoms with E-state index < -0.39 is 5.60 Å². The number of ether oxygens (including phenoxy) is 1. The Kier molecular flexibility index (Phi) is 8.03. The van der Waals surface area contributed by atoms with Crippen molar-refractivity contribution in [3.8, 4) is 0 Å². The van der Waals surface area contributed by atoms with E-state index in [1.165, 1.54) is 25.9 Å². The highest BCUT2D eigenvalue weighted by atomic mass is 127. The van der Waals surface area contributed by atoms with Gasteiger partial charge in [0.1, 0.15) is 5.60 Å². The number of nitrogens with zero attached hydrogens (tertiary/aromatic N) is 4. The number of guanidine groups is 1. The molecule has 2 atom stereocenters. The van der Waals surface area contributed by atoms with Gasteiger partial charge in [0.25, 0.3) is 0 Å². The average Bonchev–Trinajstić information content (AvgIpc) is 2.96. The molecule has 1 N–H and O–H groups in total. The van der Waals surface area contributed by atoms with Crippen molar-refractivity contribution in [2.45, 2.75) is 52.2 Å². The molecule has 1 amide bonds. The van der Waals surface area contributed by atoms with E-state index in [1.54, 1.807) is 0 Å². The van der Waals surface area contributed by atoms with E-state index in [0.29, 0.717) is 13.1 Å². The average molecular weight is 493 g/mol. The zero-order chi connectivity index (χ0) is 18.7. The molecule has 0 spiro atoms. The standard InChI is InChI=1S/C19H35N5O2.HI/c1-15-6-5-8-22(13-15)9-7-20-17-21-12-16-14-23(10-11-24(16)17)18(25)26-19(2,3)4;/h15-16H,5-14H2,1-4H3,(H,20,21);1H. The smallest absolute Gasteiger partial charge is 0.410 e. The summed E-state index contributed by atoms with van der Waals surface area (Å²) in [6.45, 7) is 15.5. The summed E-state index contributed by atoms with van der Waals surface area (Å²) in [5.74, 6) is 1.82. The number of likely N-dealkylation sites (tertiary alicyclic amines) is 1. The Morgan fingerprint density at radius 2 is 2.04 bits per heavy atom. The van der Waals surface area contributed by atoms with Gasteiger partial charge >= 0.3 is 6.09 Å². The summed E-state index contributed by atoms with van der Waals surface area (Å²) in [6, 6.07) is 0.272. The second kappa shape index (κ2) is 9.62. The Bertz CT molecular complexity index is 537. The van der Waals surface area contributed by atoms with Gasteiger partial charge in [0, 0.05) is 39.3 Å². The van der Waals surface area contributed by atoms with Crippen LogP contribution in [0.3, 0.4) is 0 Å². The maximum absolute atomic E-state index is 12.3. The Balaban J connectivity index is 0.00000261. The van der Waals surface area contributed by atoms with Gasteiger partial charge in [-0.25, -0.2) is 4.79 Å². The number of carbonyl (C=O) groups is 1. The fourth-order valence-electron chi connectivity index (χ4n) is 4.04. The van der Waals surface area contributed by atoms with E-state index in [2.05, 4.69) is 27.0 Å². The van der Waals surface area contributed by atoms with Crippen molar-refractivity contribution in [2.24, 2.45) is 10.9 Å². The second-order valence-corrected chi connectivity index (χ2v) is 8.91. The van der Waals surface area contributed by atoms with Crippen LogP contribution in [0.1, 0.15) is 40.5 Å². The quantitative estimate of drug-likeness (QED) is 0.612. The molecule has 2 fully saturated rings. The molecule has 0 radical (unpaired) electrons. The Hall–Kier alpha value is -0.770. The number of halogens is 1. The van der Waals surface area contributed by atoms with Gasteiger partial charge in [-0.2, -0.15) is 0 Å². The van der Waals surface area contributed by atoms with Crippen molar-refractivity contribution in [3.05, 3.63) is 0 Å². The number of carbonyl (C=O) groups excluding carboxylic acids is 1. The van der Waals surface area contributed by atoms with Crippen molar-refractivity contribution in [3.63, 3.8) is 0 Å². The molecule has 2 unspecified atom stereocenters. The molecular weight excluding hydrogens is 457 g/mol. The highest BCUT2D eigenvalue weighted by Gasteiger charge is 2.36. The monoisotopic (exact) mass is 493 g/mol. The molecule has 8 heteroatoms. The Morgan fingerprint density at radius 1 is 1.26 bits per heavy atom. The fourth-order valence-corrected chi connectivity index (χ4v) is 4.04. The van der Waals surface area contributed by atoms with Crippen LogP contribution in [0.4, 0.5) is 4.79 Å². The van der Waals surface area contributed by atoms with Crippen LogP contribution in [-0.4, -0.2) is 90.8 Å². The third kappa shape index (κ3) is 6.37. The van der Waals surface area contributed by atoms with E-state index in [4.69, 9.17) is 4.74 Å². The van der Waals surface area contributed by atoms with Crippen LogP contribution in [-0.2, 0) is 4.74 Å². The minimum Gasteiger partial charge on any atom is -0.444 e. The van der Waals surface area contributed by atoms with Crippen LogP contribution in [0, 0.1) is 5.92 Å². The SMILES string of the molecule is CC1CCCN(CCNC2=NCC3CN(C(=O)OC(C)(C)C)CCN23)C1.I. The normalized spacial score (nSPS) is 26.1. The summed E-state index contributed by atoms with van der Waals surface area (Å²) in [7, 11) is 0. The van der Waals surface area contributed by atoms with Crippen LogP contribution in [0.5, 0.6) is 0 Å². The number of piperazine rings is 1. The summed E-state index contributed by atoms with van der Waals surface area (Å²) in [4.78, 5) is 23.7. The molecule has 0 saturated carbocycles. The zero-order valence-electron chi connectivity index (χ0n) is 17.2. The number of amides is 1. The Morgan fingerprint density at radius 3 is 2.74 bits per heavy atom. The molecule has 7 nitrogen and oxygen atoms in total. The van der Waals surface area contributed by atoms with Crippen LogP contribution in [0.15, 0.2) is 4.99 Å². The van der Waals surface area contributed by atoms with Crippen molar-refractivity contribution < 1.29 is 9.53 Å². The molecular formula is C19H36IN5O2. The van der Waals surface area contributed by atoms with Gasteiger partial charge in [-0.05, 0) is 46.1 Å². The minimum absolute atomic E-state index is 0. The van der Waals surface area contributed by atoms with E-state index in [1.807, 2.05) is 25.7 Å². The number of piperidine rings is 1. The lowest BCUT2D eigenvalue weighted by Crippen LogP contribution is -2.58. The first kappa shape index (κ1) is 22.5. The van der Waals surface area contributed by atoms with Gasteiger partial charge in [0.05, 0.1) is 12.6 Å². The van der Waals surface area contributed by atoms with Crippen LogP contribution in [0.25, 0.3) is 0 Å². The zero-order valence-corrected chi connectivity index (χ0v) is 19.6. The lowest BCUT2D eigenvalue weighted by Gasteiger charge is -2.39. The van der Waals surface area contributed by atoms with E-state index in [-0.39, 0.29) is 36.1 Å². The number of hydrogen-bond donors (Lipinski definition) is 1. The molecule has 0 aliphatic carbocycles. The first-order chi connectivity index (χ1) is 12.3. The third-order valence-electron chi connectivity index (χ3n) is 5.31. The van der Waals surface area contributed by atoms with Gasteiger partial charge in [0.2, 0.25) is 0 Å². The number of nitrogens with one attached hydrogen (secondary N) is 1. The molecule has 0 bridgehead atoms. The molecule has 3 aliphatic rings. The van der Waals surface area contributed by atoms with Crippen molar-refractivity contribution >= 4 is 36.0 Å². The molecule has 3 heterocycles. The van der Waals surface area contributed by atoms with Gasteiger partial charge < -0.3 is 24.8 Å². The van der Waals surface area contributed by atoms with Gasteiger partial charge in [-0.3, -0.25) is 4.99 Å². The first-order valence-corrected chi connectivity index (χ1v) is 10.1. The summed E-state index contributed by atoms with van der Waals surface area (Å²) in [5, 5.41) is 3.52. The maximum Gasteiger partial charge on any atom is 0.410 e. The van der Waals surface area contributed by atoms with Gasteiger partial charge in [0.15, 0.2) is 5.96 Å². The summed E-state index contributed by atoms with van der Waals surface area (Å²) in [6.07, 6.45) is 2.47. The third-order valence-corrected chi connectivity index (χ3v) is 5.31. The number of fused-ring (bicyclic) bond motifs is 1. The van der Waals surface area contributed by atoms with Crippen molar-refractivity contribution in [2.75, 3.05) is 52.4 Å². The highest BCUT2D eigenvalue weighted by molar-refractivity contribution is 14.0. The largest absolute Gasteiger partial charge is 0.444 e. The summed E-state index contributed by atoms with van der Waals surface area (Å²) >= 11 is 0. The van der Waals surface area contributed by atoms with Gasteiger partial charge in [-0.15, -0.1) is 24.0 Å². The summed E-state index contributed by atoms with van der Waals surface area (Å²) < 4.78 is 5.50. The molecule has 156 valence electrons. The molecule has 0 aromatic heterocycles. The lowest BCUT2D eigenvalue weighted by atomic mass is 10.0. The first-order valence-electron chi connectivity index (χ1n) is 10.1. The van der Waals surface area contributed by atoms with Crippen LogP contribution in [0.2, 0.25) is 0 Å². The maximum atomic E-state index is 12.3. The fraction of sp³-hybridized carbons (Fsp3) is 0.895. The number of hydrogen-bond acceptors (Lipinski definition) is 6. The molecule has 3 rings (SSSR count). The minimum atomic E-state index is -0.445. The molecule has 0 aromatic rings. The van der Waals surface area contributed by atoms with Crippen molar-refractivity contribution in [1.82, 2.24) is 20.0 Å². The summed E-state index contributed by atoms with van der Waals surface area (Å²) in [5.41, 5.74) is -0.445. The molecule has 27 heavy (non-hydrogen) atoms. The molecule has 3 aliphatic heterocycles. The molecule has 0 aromatic carbocycles. The van der Waals surface area contributed by atoms with E-state index in [0.717, 1.165) is 38.1 Å². The van der Waals surface area contributed by atoms with Gasteiger partial charge in [-0.1, -0.05) is 6.92 Å². The molecule has 2 saturated heterocycles. The van der Waals surface area contributed by atoms with Crippen LogP contribution >= 0.6 is 24.0 Å². The predicted octanol–water partition coefficient (Wildman–Crippen LogP) is 2.22. The van der Waals surface area contributed by atoms with Crippen LogP contribution < -0.4 is 5.32 Å². The number of aliphatic imine (C=N–C) groups is 1. The van der Waals surface area contributed by atoms with E-state index in [9.17, 15) is 4.79 Å². The van der Waals surface area contributed by atoms with Crippen molar-refractivity contribution in [1.29, 1.82) is 0 Å². The Labute approximate surface area is 180 Å². The lowest BCUT2D eigenvalue weighted by molar-refractivity contribution is 0.0137. The second-order valence-electron chi connectivity index (χ2n) is 8.91. The van der Waals surface area contributed by atoms with E-state index >= 15 is 0 Å².